The van der Waals surface area contributed by atoms with Crippen molar-refractivity contribution in [3.8, 4) is 0 Å². The maximum absolute atomic E-state index is 11.5. The Hall–Kier alpha value is -0.570. The largest absolute Gasteiger partial charge is 0.296 e. The fourth-order valence-electron chi connectivity index (χ4n) is 0.973. The Labute approximate surface area is 102 Å². The molecule has 1 aromatic rings. The number of alkyl halides is 2. The molecule has 0 saturated carbocycles. The number of hydrogen-bond donors (Lipinski definition) is 0. The van der Waals surface area contributed by atoms with Crippen molar-refractivity contribution in [3.63, 3.8) is 0 Å². The van der Waals surface area contributed by atoms with Gasteiger partial charge in [-0.25, -0.2) is 0 Å². The van der Waals surface area contributed by atoms with Crippen LogP contribution in [0.2, 0.25) is 5.02 Å². The molecule has 0 amide bonds. The molecule has 0 aliphatic heterocycles. The lowest BCUT2D eigenvalue weighted by Crippen LogP contribution is -2.13. The van der Waals surface area contributed by atoms with Crippen LogP contribution in [0, 0.1) is 0 Å². The van der Waals surface area contributed by atoms with Crippen molar-refractivity contribution in [2.45, 2.75) is 11.3 Å². The van der Waals surface area contributed by atoms with Crippen molar-refractivity contribution in [2.24, 2.45) is 0 Å². The van der Waals surface area contributed by atoms with Crippen molar-refractivity contribution in [3.05, 3.63) is 34.9 Å². The molecule has 80 valence electrons. The molecule has 0 atom stereocenters. The van der Waals surface area contributed by atoms with Gasteiger partial charge in [0, 0.05) is 10.6 Å². The summed E-state index contributed by atoms with van der Waals surface area (Å²) in [4.78, 5) is 21.4. The Balaban J connectivity index is 2.69. The Kier molecular flexibility index (Phi) is 4.58. The summed E-state index contributed by atoms with van der Waals surface area (Å²) in [5, 5.41) is 0.533. The third-order valence-electron chi connectivity index (χ3n) is 1.74. The lowest BCUT2D eigenvalue weighted by atomic mass is 10.1. The first-order valence-electron chi connectivity index (χ1n) is 4.10. The zero-order valence-electron chi connectivity index (χ0n) is 7.54. The minimum Gasteiger partial charge on any atom is -0.296 e. The Bertz CT molecular complexity index is 371. The zero-order chi connectivity index (χ0) is 11.4. The highest BCUT2D eigenvalue weighted by atomic mass is 35.5. The molecule has 0 aliphatic carbocycles. The molecule has 1 rings (SSSR count). The number of carbonyl (C=O) groups excluding carboxylic acids is 2. The van der Waals surface area contributed by atoms with Gasteiger partial charge in [-0.05, 0) is 24.3 Å². The van der Waals surface area contributed by atoms with E-state index in [0.29, 0.717) is 10.6 Å². The predicted octanol–water partition coefficient (Wildman–Crippen LogP) is 3.29. The number of hydrogen-bond acceptors (Lipinski definition) is 2. The summed E-state index contributed by atoms with van der Waals surface area (Å²) < 4.78 is 0. The maximum Gasteiger partial charge on any atom is 0.173 e. The van der Waals surface area contributed by atoms with Gasteiger partial charge in [-0.3, -0.25) is 9.59 Å². The molecule has 0 bridgehead atoms. The normalized spacial score (nSPS) is 10.4. The predicted molar refractivity (Wildman–Crippen MR) is 60.9 cm³/mol. The van der Waals surface area contributed by atoms with Crippen molar-refractivity contribution < 1.29 is 9.59 Å². The van der Waals surface area contributed by atoms with E-state index in [1.54, 1.807) is 24.3 Å². The molecule has 0 aliphatic rings. The molecule has 0 spiro atoms. The van der Waals surface area contributed by atoms with Crippen LogP contribution in [0.3, 0.4) is 0 Å². The van der Waals surface area contributed by atoms with Crippen LogP contribution < -0.4 is 0 Å². The van der Waals surface area contributed by atoms with Gasteiger partial charge in [0.2, 0.25) is 0 Å². The molecule has 0 saturated heterocycles. The monoisotopic (exact) mass is 264 g/mol. The van der Waals surface area contributed by atoms with Gasteiger partial charge < -0.3 is 0 Å². The van der Waals surface area contributed by atoms with Crippen LogP contribution in [-0.4, -0.2) is 16.4 Å². The molecule has 0 unspecified atom stereocenters. The molecule has 0 aromatic heterocycles. The van der Waals surface area contributed by atoms with E-state index in [0.717, 1.165) is 0 Å². The molecule has 15 heavy (non-hydrogen) atoms. The lowest BCUT2D eigenvalue weighted by molar-refractivity contribution is -0.116. The lowest BCUT2D eigenvalue weighted by Gasteiger charge is -2.01. The summed E-state index contributed by atoms with van der Waals surface area (Å²) in [6.07, 6.45) is -0.292. The first-order valence-corrected chi connectivity index (χ1v) is 5.35. The van der Waals surface area contributed by atoms with E-state index in [4.69, 9.17) is 34.8 Å². The highest BCUT2D eigenvalue weighted by molar-refractivity contribution is 6.54. The average Bonchev–Trinajstić information content (AvgIpc) is 2.18. The number of halogens is 3. The highest BCUT2D eigenvalue weighted by Crippen LogP contribution is 2.13. The fraction of sp³-hybridized carbons (Fsp3) is 0.200. The van der Waals surface area contributed by atoms with Crippen molar-refractivity contribution in [1.82, 2.24) is 0 Å². The van der Waals surface area contributed by atoms with Crippen LogP contribution in [0.25, 0.3) is 0 Å². The molecule has 2 nitrogen and oxygen atoms in total. The van der Waals surface area contributed by atoms with Gasteiger partial charge in [0.1, 0.15) is 0 Å². The van der Waals surface area contributed by atoms with E-state index < -0.39 is 10.6 Å². The third kappa shape index (κ3) is 3.82. The van der Waals surface area contributed by atoms with Crippen LogP contribution in [0.5, 0.6) is 0 Å². The first kappa shape index (κ1) is 12.5. The van der Waals surface area contributed by atoms with Gasteiger partial charge in [-0.2, -0.15) is 0 Å². The van der Waals surface area contributed by atoms with Crippen molar-refractivity contribution >= 4 is 46.4 Å². The van der Waals surface area contributed by atoms with Crippen molar-refractivity contribution in [1.29, 1.82) is 0 Å². The minimum absolute atomic E-state index is 0.292. The summed E-state index contributed by atoms with van der Waals surface area (Å²) >= 11 is 16.3. The second-order valence-electron chi connectivity index (χ2n) is 2.87. The van der Waals surface area contributed by atoms with Crippen molar-refractivity contribution in [2.75, 3.05) is 0 Å². The highest BCUT2D eigenvalue weighted by Gasteiger charge is 2.17. The topological polar surface area (TPSA) is 34.1 Å². The van der Waals surface area contributed by atoms with Crippen LogP contribution in [-0.2, 0) is 4.79 Å². The van der Waals surface area contributed by atoms with Gasteiger partial charge in [-0.1, -0.05) is 34.8 Å². The molecule has 5 heteroatoms. The molecule has 0 N–H and O–H groups in total. The SMILES string of the molecule is O=C(CC(=O)C(Cl)Cl)c1ccc(Cl)cc1. The molecule has 0 heterocycles. The van der Waals surface area contributed by atoms with Crippen LogP contribution in [0.4, 0.5) is 0 Å². The second kappa shape index (κ2) is 5.50. The van der Waals surface area contributed by atoms with E-state index >= 15 is 0 Å². The van der Waals surface area contributed by atoms with Gasteiger partial charge in [-0.15, -0.1) is 0 Å². The summed E-state index contributed by atoms with van der Waals surface area (Å²) in [6.45, 7) is 0. The zero-order valence-corrected chi connectivity index (χ0v) is 9.81. The Morgan fingerprint density at radius 3 is 2.13 bits per heavy atom. The van der Waals surface area contributed by atoms with Crippen LogP contribution in [0.1, 0.15) is 16.8 Å². The van der Waals surface area contributed by atoms with E-state index in [9.17, 15) is 9.59 Å². The van der Waals surface area contributed by atoms with Crippen LogP contribution in [0.15, 0.2) is 24.3 Å². The molecular formula is C10H7Cl3O2. The quantitative estimate of drug-likeness (QED) is 0.475. The van der Waals surface area contributed by atoms with E-state index in [-0.39, 0.29) is 12.2 Å². The van der Waals surface area contributed by atoms with Gasteiger partial charge >= 0.3 is 0 Å². The number of rotatable bonds is 4. The molecule has 0 fully saturated rings. The molecule has 0 radical (unpaired) electrons. The fourth-order valence-corrected chi connectivity index (χ4v) is 1.25. The van der Waals surface area contributed by atoms with Gasteiger partial charge in [0.05, 0.1) is 6.42 Å². The van der Waals surface area contributed by atoms with E-state index in [1.165, 1.54) is 0 Å². The third-order valence-corrected chi connectivity index (χ3v) is 2.48. The number of benzene rings is 1. The van der Waals surface area contributed by atoms with Crippen LogP contribution >= 0.6 is 34.8 Å². The van der Waals surface area contributed by atoms with Gasteiger partial charge in [0.15, 0.2) is 16.4 Å². The molecule has 1 aromatic carbocycles. The summed E-state index contributed by atoms with van der Waals surface area (Å²) in [6, 6.07) is 6.26. The number of carbonyl (C=O) groups is 2. The standard InChI is InChI=1S/C10H7Cl3O2/c11-7-3-1-6(2-4-7)8(14)5-9(15)10(12)13/h1-4,10H,5H2. The van der Waals surface area contributed by atoms with E-state index in [1.807, 2.05) is 0 Å². The summed E-state index contributed by atoms with van der Waals surface area (Å²) in [5.41, 5.74) is 0.418. The Morgan fingerprint density at radius 1 is 1.13 bits per heavy atom. The Morgan fingerprint density at radius 2 is 1.67 bits per heavy atom. The van der Waals surface area contributed by atoms with Gasteiger partial charge in [0.25, 0.3) is 0 Å². The number of Topliss-reactive ketones (excluding diaryl/α,β-unsaturated/α-hetero) is 2. The smallest absolute Gasteiger partial charge is 0.173 e. The molecular weight excluding hydrogens is 258 g/mol. The first-order chi connectivity index (χ1) is 7.00. The summed E-state index contributed by atoms with van der Waals surface area (Å²) in [7, 11) is 0. The number of ketones is 2. The maximum atomic E-state index is 11.5. The summed E-state index contributed by atoms with van der Waals surface area (Å²) in [5.74, 6) is -0.818. The average molecular weight is 266 g/mol. The minimum atomic E-state index is -1.15. The van der Waals surface area contributed by atoms with E-state index in [2.05, 4.69) is 0 Å². The second-order valence-corrected chi connectivity index (χ2v) is 4.41.